The van der Waals surface area contributed by atoms with Gasteiger partial charge in [-0.25, -0.2) is 18.6 Å². The highest BCUT2D eigenvalue weighted by Gasteiger charge is 2.32. The van der Waals surface area contributed by atoms with Crippen molar-refractivity contribution in [1.82, 2.24) is 21.3 Å². The van der Waals surface area contributed by atoms with E-state index in [0.717, 1.165) is 5.56 Å². The number of ether oxygens (including phenoxy) is 1. The smallest absolute Gasteiger partial charge is 0.330 e. The van der Waals surface area contributed by atoms with Crippen molar-refractivity contribution in [1.29, 1.82) is 0 Å². The molecule has 264 valence electrons. The third-order valence-electron chi connectivity index (χ3n) is 7.47. The van der Waals surface area contributed by atoms with Crippen LogP contribution in [0.1, 0.15) is 26.3 Å². The van der Waals surface area contributed by atoms with Crippen molar-refractivity contribution in [2.75, 3.05) is 31.5 Å². The van der Waals surface area contributed by atoms with Crippen LogP contribution in [0.4, 0.5) is 14.5 Å². The SMILES string of the molecule is O=C(CNC(=O)c1cccc(NC2=NCC(F)(F)CN2)c1)NC[C@H](NC(=O)c1c(Cl)cc(-c2ccccc2)cc1Cl)C(=O)OCc1ccccc1. The molecule has 0 aliphatic carbocycles. The average Bonchev–Trinajstić information content (AvgIpc) is 3.12. The summed E-state index contributed by atoms with van der Waals surface area (Å²) < 4.78 is 32.1. The predicted octanol–water partition coefficient (Wildman–Crippen LogP) is 5.05. The lowest BCUT2D eigenvalue weighted by Crippen LogP contribution is -2.50. The molecule has 1 heterocycles. The topological polar surface area (TPSA) is 150 Å². The van der Waals surface area contributed by atoms with E-state index in [-0.39, 0.29) is 40.3 Å². The molecule has 0 radical (unpaired) electrons. The fourth-order valence-corrected chi connectivity index (χ4v) is 5.52. The van der Waals surface area contributed by atoms with Crippen LogP contribution in [0, 0.1) is 0 Å². The fourth-order valence-electron chi connectivity index (χ4n) is 4.86. The summed E-state index contributed by atoms with van der Waals surface area (Å²) in [7, 11) is 0. The molecule has 11 nitrogen and oxygen atoms in total. The summed E-state index contributed by atoms with van der Waals surface area (Å²) in [6, 6.07) is 26.1. The summed E-state index contributed by atoms with van der Waals surface area (Å²) in [6.45, 7) is -2.20. The number of esters is 1. The Morgan fingerprint density at radius 3 is 2.20 bits per heavy atom. The van der Waals surface area contributed by atoms with Crippen LogP contribution in [-0.2, 0) is 20.9 Å². The third kappa shape index (κ3) is 10.5. The first kappa shape index (κ1) is 36.7. The monoisotopic (exact) mass is 736 g/mol. The molecular formula is C36H32Cl2F2N6O5. The molecule has 0 unspecified atom stereocenters. The van der Waals surface area contributed by atoms with Crippen molar-refractivity contribution in [3.63, 3.8) is 0 Å². The molecule has 51 heavy (non-hydrogen) atoms. The minimum Gasteiger partial charge on any atom is -0.459 e. The highest BCUT2D eigenvalue weighted by Crippen LogP contribution is 2.32. The summed E-state index contributed by atoms with van der Waals surface area (Å²) in [5.74, 6) is -5.69. The maximum Gasteiger partial charge on any atom is 0.330 e. The number of hydrogen-bond acceptors (Lipinski definition) is 8. The lowest BCUT2D eigenvalue weighted by Gasteiger charge is -2.23. The van der Waals surface area contributed by atoms with Crippen LogP contribution in [-0.4, -0.2) is 67.8 Å². The summed E-state index contributed by atoms with van der Waals surface area (Å²) in [5.41, 5.74) is 2.73. The lowest BCUT2D eigenvalue weighted by atomic mass is 10.0. The summed E-state index contributed by atoms with van der Waals surface area (Å²) in [5, 5.41) is 13.0. The van der Waals surface area contributed by atoms with Gasteiger partial charge in [-0.05, 0) is 47.0 Å². The van der Waals surface area contributed by atoms with Gasteiger partial charge in [-0.15, -0.1) is 0 Å². The molecular weight excluding hydrogens is 705 g/mol. The van der Waals surface area contributed by atoms with E-state index in [0.29, 0.717) is 16.8 Å². The molecule has 0 spiro atoms. The van der Waals surface area contributed by atoms with Crippen molar-refractivity contribution in [3.05, 3.63) is 124 Å². The first-order valence-electron chi connectivity index (χ1n) is 15.6. The van der Waals surface area contributed by atoms with E-state index in [2.05, 4.69) is 31.6 Å². The number of hydrogen-bond donors (Lipinski definition) is 5. The van der Waals surface area contributed by atoms with Gasteiger partial charge in [0.1, 0.15) is 19.2 Å². The number of guanidine groups is 1. The Morgan fingerprint density at radius 2 is 1.53 bits per heavy atom. The van der Waals surface area contributed by atoms with Gasteiger partial charge in [-0.3, -0.25) is 14.4 Å². The minimum atomic E-state index is -2.95. The van der Waals surface area contributed by atoms with Gasteiger partial charge >= 0.3 is 5.97 Å². The van der Waals surface area contributed by atoms with E-state index < -0.39 is 55.3 Å². The molecule has 5 rings (SSSR count). The highest BCUT2D eigenvalue weighted by atomic mass is 35.5. The first-order valence-corrected chi connectivity index (χ1v) is 16.4. The molecule has 1 aliphatic heterocycles. The number of nitrogens with one attached hydrogen (secondary N) is 5. The second kappa shape index (κ2) is 16.9. The van der Waals surface area contributed by atoms with Gasteiger partial charge in [-0.1, -0.05) is 89.9 Å². The van der Waals surface area contributed by atoms with Crippen LogP contribution in [0.3, 0.4) is 0 Å². The molecule has 3 amide bonds. The first-order chi connectivity index (χ1) is 24.5. The van der Waals surface area contributed by atoms with Crippen molar-refractivity contribution < 1.29 is 32.7 Å². The van der Waals surface area contributed by atoms with E-state index >= 15 is 0 Å². The van der Waals surface area contributed by atoms with E-state index in [4.69, 9.17) is 27.9 Å². The number of carbonyl (C=O) groups is 4. The number of benzene rings is 4. The van der Waals surface area contributed by atoms with Crippen molar-refractivity contribution in [2.45, 2.75) is 18.6 Å². The van der Waals surface area contributed by atoms with E-state index in [9.17, 15) is 28.0 Å². The normalized spacial score (nSPS) is 13.8. The quantitative estimate of drug-likeness (QED) is 0.128. The molecule has 1 atom stereocenters. The number of nitrogens with zero attached hydrogens (tertiary/aromatic N) is 1. The zero-order valence-corrected chi connectivity index (χ0v) is 28.4. The van der Waals surface area contributed by atoms with Gasteiger partial charge in [0.15, 0.2) is 5.96 Å². The fraction of sp³-hybridized carbons (Fsp3) is 0.194. The molecule has 4 aromatic carbocycles. The molecule has 15 heteroatoms. The van der Waals surface area contributed by atoms with Gasteiger partial charge in [0.05, 0.1) is 28.7 Å². The van der Waals surface area contributed by atoms with Crippen LogP contribution in [0.2, 0.25) is 10.0 Å². The third-order valence-corrected chi connectivity index (χ3v) is 8.07. The van der Waals surface area contributed by atoms with Gasteiger partial charge in [0.2, 0.25) is 5.91 Å². The average molecular weight is 738 g/mol. The number of aliphatic imine (C=N–C) groups is 1. The van der Waals surface area contributed by atoms with Crippen LogP contribution < -0.4 is 26.6 Å². The molecule has 4 aromatic rings. The maximum absolute atomic E-state index is 13.4. The van der Waals surface area contributed by atoms with Crippen molar-refractivity contribution in [2.24, 2.45) is 4.99 Å². The van der Waals surface area contributed by atoms with E-state index in [1.807, 2.05) is 36.4 Å². The second-order valence-electron chi connectivity index (χ2n) is 11.4. The zero-order valence-electron chi connectivity index (χ0n) is 26.9. The molecule has 0 bridgehead atoms. The zero-order chi connectivity index (χ0) is 36.4. The van der Waals surface area contributed by atoms with Crippen molar-refractivity contribution in [3.8, 4) is 11.1 Å². The molecule has 5 N–H and O–H groups in total. The van der Waals surface area contributed by atoms with Crippen LogP contribution in [0.25, 0.3) is 11.1 Å². The summed E-state index contributed by atoms with van der Waals surface area (Å²) >= 11 is 13.0. The summed E-state index contributed by atoms with van der Waals surface area (Å²) in [6.07, 6.45) is 0. The highest BCUT2D eigenvalue weighted by molar-refractivity contribution is 6.40. The summed E-state index contributed by atoms with van der Waals surface area (Å²) in [4.78, 5) is 55.9. The Labute approximate surface area is 301 Å². The van der Waals surface area contributed by atoms with Crippen LogP contribution >= 0.6 is 23.2 Å². The Bertz CT molecular complexity index is 1910. The Balaban J connectivity index is 1.20. The molecule has 1 aliphatic rings. The Morgan fingerprint density at radius 1 is 0.843 bits per heavy atom. The van der Waals surface area contributed by atoms with Gasteiger partial charge in [-0.2, -0.15) is 0 Å². The minimum absolute atomic E-state index is 0.0470. The van der Waals surface area contributed by atoms with Gasteiger partial charge in [0.25, 0.3) is 17.7 Å². The number of anilines is 1. The number of halogens is 4. The standard InChI is InChI=1S/C36H32Cl2F2N6O5/c37-27-15-25(23-10-5-2-6-11-23)16-28(38)31(27)33(49)46-29(34(50)51-19-22-8-3-1-4-9-22)17-41-30(47)18-42-32(48)24-12-7-13-26(14-24)45-35-43-20-36(39,40)21-44-35/h1-16,29H,17-21H2,(H,41,47)(H,42,48)(H,46,49)(H2,43,44,45)/t29-/m0/s1. The predicted molar refractivity (Wildman–Crippen MR) is 190 cm³/mol. The van der Waals surface area contributed by atoms with E-state index in [1.165, 1.54) is 12.1 Å². The Kier molecular flexibility index (Phi) is 12.2. The Hall–Kier alpha value is -5.53. The van der Waals surface area contributed by atoms with Gasteiger partial charge in [0, 0.05) is 17.8 Å². The molecule has 0 aromatic heterocycles. The number of alkyl halides is 2. The number of amides is 3. The van der Waals surface area contributed by atoms with E-state index in [1.54, 1.807) is 48.5 Å². The molecule has 0 saturated carbocycles. The van der Waals surface area contributed by atoms with Crippen molar-refractivity contribution >= 4 is 58.5 Å². The largest absolute Gasteiger partial charge is 0.459 e. The van der Waals surface area contributed by atoms with Crippen LogP contribution in [0.15, 0.2) is 102 Å². The molecule has 0 saturated heterocycles. The maximum atomic E-state index is 13.4. The van der Waals surface area contributed by atoms with Crippen LogP contribution in [0.5, 0.6) is 0 Å². The second-order valence-corrected chi connectivity index (χ2v) is 12.2. The number of rotatable bonds is 12. The number of carbonyl (C=O) groups excluding carboxylic acids is 4. The molecule has 0 fully saturated rings. The van der Waals surface area contributed by atoms with Gasteiger partial charge < -0.3 is 31.3 Å². The lowest BCUT2D eigenvalue weighted by molar-refractivity contribution is -0.147.